The zero-order chi connectivity index (χ0) is 17.1. The highest BCUT2D eigenvalue weighted by molar-refractivity contribution is 5.85. The molecule has 6 nitrogen and oxygen atoms in total. The first-order chi connectivity index (χ1) is 11.6. The number of nitrogens with zero attached hydrogens (tertiary/aromatic N) is 2. The fraction of sp³-hybridized carbons (Fsp3) is 0.529. The van der Waals surface area contributed by atoms with Crippen molar-refractivity contribution in [3.8, 4) is 0 Å². The van der Waals surface area contributed by atoms with Gasteiger partial charge in [0.25, 0.3) is 0 Å². The van der Waals surface area contributed by atoms with Crippen LogP contribution in [0.2, 0.25) is 0 Å². The molecule has 1 unspecified atom stereocenters. The molecule has 9 heteroatoms. The van der Waals surface area contributed by atoms with Gasteiger partial charge < -0.3 is 20.4 Å². The van der Waals surface area contributed by atoms with Gasteiger partial charge in [0.1, 0.15) is 11.6 Å². The SMILES string of the molecule is Cl.Cl.Cn1c(CCNC(=O)C(N)C2CCOCC2)nc2ccc(F)cc21. The van der Waals surface area contributed by atoms with E-state index in [4.69, 9.17) is 10.5 Å². The van der Waals surface area contributed by atoms with Gasteiger partial charge in [-0.3, -0.25) is 4.79 Å². The minimum Gasteiger partial charge on any atom is -0.381 e. The number of hydrogen-bond donors (Lipinski definition) is 2. The Morgan fingerprint density at radius 1 is 1.42 bits per heavy atom. The Labute approximate surface area is 164 Å². The molecule has 0 aliphatic carbocycles. The molecule has 26 heavy (non-hydrogen) atoms. The molecule has 3 rings (SSSR count). The van der Waals surface area contributed by atoms with Crippen molar-refractivity contribution in [2.45, 2.75) is 25.3 Å². The normalized spacial score (nSPS) is 15.8. The Morgan fingerprint density at radius 2 is 2.12 bits per heavy atom. The van der Waals surface area contributed by atoms with E-state index < -0.39 is 6.04 Å². The second-order valence-corrected chi connectivity index (χ2v) is 6.24. The number of carbonyl (C=O) groups excluding carboxylic acids is 1. The minimum atomic E-state index is -0.497. The largest absolute Gasteiger partial charge is 0.381 e. The number of halogens is 3. The molecular weight excluding hydrogens is 382 g/mol. The second-order valence-electron chi connectivity index (χ2n) is 6.24. The summed E-state index contributed by atoms with van der Waals surface area (Å²) in [6.07, 6.45) is 2.22. The number of amides is 1. The highest BCUT2D eigenvalue weighted by atomic mass is 35.5. The van der Waals surface area contributed by atoms with E-state index in [-0.39, 0.29) is 42.5 Å². The van der Waals surface area contributed by atoms with Crippen LogP contribution in [-0.2, 0) is 23.0 Å². The van der Waals surface area contributed by atoms with E-state index >= 15 is 0 Å². The average molecular weight is 407 g/mol. The number of ether oxygens (including phenoxy) is 1. The number of imidazole rings is 1. The summed E-state index contributed by atoms with van der Waals surface area (Å²) in [6, 6.07) is 4.02. The number of aryl methyl sites for hydroxylation is 1. The van der Waals surface area contributed by atoms with Gasteiger partial charge in [-0.2, -0.15) is 0 Å². The summed E-state index contributed by atoms with van der Waals surface area (Å²) in [5.41, 5.74) is 7.54. The highest BCUT2D eigenvalue weighted by Gasteiger charge is 2.26. The summed E-state index contributed by atoms with van der Waals surface area (Å²) in [5, 5.41) is 2.88. The van der Waals surface area contributed by atoms with E-state index in [0.29, 0.717) is 26.2 Å². The third kappa shape index (κ3) is 5.07. The first-order valence-electron chi connectivity index (χ1n) is 8.28. The Hall–Kier alpha value is -1.41. The molecule has 3 N–H and O–H groups in total. The van der Waals surface area contributed by atoms with Crippen LogP contribution in [0, 0.1) is 11.7 Å². The van der Waals surface area contributed by atoms with Crippen molar-refractivity contribution in [2.75, 3.05) is 19.8 Å². The van der Waals surface area contributed by atoms with Crippen LogP contribution in [0.15, 0.2) is 18.2 Å². The number of nitrogens with two attached hydrogens (primary N) is 1. The first-order valence-corrected chi connectivity index (χ1v) is 8.28. The van der Waals surface area contributed by atoms with Gasteiger partial charge in [-0.15, -0.1) is 24.8 Å². The van der Waals surface area contributed by atoms with Gasteiger partial charge in [-0.25, -0.2) is 9.37 Å². The lowest BCUT2D eigenvalue weighted by molar-refractivity contribution is -0.124. The molecule has 1 aromatic carbocycles. The first kappa shape index (κ1) is 22.6. The average Bonchev–Trinajstić information content (AvgIpc) is 2.91. The molecule has 1 aliphatic heterocycles. The monoisotopic (exact) mass is 406 g/mol. The van der Waals surface area contributed by atoms with Crippen molar-refractivity contribution in [1.29, 1.82) is 0 Å². The van der Waals surface area contributed by atoms with Gasteiger partial charge in [-0.05, 0) is 37.0 Å². The van der Waals surface area contributed by atoms with E-state index in [9.17, 15) is 9.18 Å². The lowest BCUT2D eigenvalue weighted by Gasteiger charge is -2.26. The van der Waals surface area contributed by atoms with Crippen molar-refractivity contribution in [3.63, 3.8) is 0 Å². The summed E-state index contributed by atoms with van der Waals surface area (Å²) in [5.74, 6) is 0.563. The summed E-state index contributed by atoms with van der Waals surface area (Å²) < 4.78 is 20.5. The third-order valence-electron chi connectivity index (χ3n) is 4.66. The lowest BCUT2D eigenvalue weighted by Crippen LogP contribution is -2.47. The summed E-state index contributed by atoms with van der Waals surface area (Å²) in [7, 11) is 1.85. The standard InChI is InChI=1S/C17H23FN4O2.2ClH/c1-22-14-10-12(18)2-3-13(14)21-15(22)4-7-20-17(23)16(19)11-5-8-24-9-6-11;;/h2-3,10-11,16H,4-9,19H2,1H3,(H,20,23);2*1H. The molecule has 1 aromatic heterocycles. The Balaban J connectivity index is 0.00000169. The van der Waals surface area contributed by atoms with E-state index in [2.05, 4.69) is 10.3 Å². The number of aromatic nitrogens is 2. The van der Waals surface area contributed by atoms with Gasteiger partial charge in [0.15, 0.2) is 0 Å². The van der Waals surface area contributed by atoms with E-state index in [1.807, 2.05) is 11.6 Å². The van der Waals surface area contributed by atoms with E-state index in [1.54, 1.807) is 6.07 Å². The predicted molar refractivity (Wildman–Crippen MR) is 103 cm³/mol. The van der Waals surface area contributed by atoms with Crippen molar-refractivity contribution in [1.82, 2.24) is 14.9 Å². The van der Waals surface area contributed by atoms with Crippen LogP contribution in [0.25, 0.3) is 11.0 Å². The van der Waals surface area contributed by atoms with Crippen LogP contribution in [0.3, 0.4) is 0 Å². The maximum absolute atomic E-state index is 13.3. The second kappa shape index (κ2) is 10.1. The lowest BCUT2D eigenvalue weighted by atomic mass is 9.92. The predicted octanol–water partition coefficient (Wildman–Crippen LogP) is 1.97. The molecule has 0 saturated carbocycles. The summed E-state index contributed by atoms with van der Waals surface area (Å²) in [4.78, 5) is 16.7. The molecule has 1 atom stereocenters. The van der Waals surface area contributed by atoms with Gasteiger partial charge in [0, 0.05) is 33.2 Å². The minimum absolute atomic E-state index is 0. The zero-order valence-corrected chi connectivity index (χ0v) is 16.2. The summed E-state index contributed by atoms with van der Waals surface area (Å²) in [6.45, 7) is 1.79. The topological polar surface area (TPSA) is 82.2 Å². The van der Waals surface area contributed by atoms with Crippen LogP contribution in [0.1, 0.15) is 18.7 Å². The molecular formula is C17H25Cl2FN4O2. The van der Waals surface area contributed by atoms with Crippen molar-refractivity contribution < 1.29 is 13.9 Å². The van der Waals surface area contributed by atoms with Gasteiger partial charge in [0.2, 0.25) is 5.91 Å². The number of carbonyl (C=O) groups is 1. The van der Waals surface area contributed by atoms with Gasteiger partial charge in [0.05, 0.1) is 17.1 Å². The number of fused-ring (bicyclic) bond motifs is 1. The zero-order valence-electron chi connectivity index (χ0n) is 14.6. The number of rotatable bonds is 5. The van der Waals surface area contributed by atoms with Crippen molar-refractivity contribution >= 4 is 41.8 Å². The third-order valence-corrected chi connectivity index (χ3v) is 4.66. The number of benzene rings is 1. The van der Waals surface area contributed by atoms with Crippen LogP contribution in [0.5, 0.6) is 0 Å². The smallest absolute Gasteiger partial charge is 0.237 e. The fourth-order valence-electron chi connectivity index (χ4n) is 3.14. The molecule has 0 bridgehead atoms. The van der Waals surface area contributed by atoms with Gasteiger partial charge >= 0.3 is 0 Å². The van der Waals surface area contributed by atoms with E-state index in [0.717, 1.165) is 29.7 Å². The molecule has 146 valence electrons. The Morgan fingerprint density at radius 3 is 2.81 bits per heavy atom. The van der Waals surface area contributed by atoms with Crippen LogP contribution in [-0.4, -0.2) is 41.3 Å². The molecule has 1 fully saturated rings. The molecule has 1 saturated heterocycles. The number of nitrogens with one attached hydrogen (secondary N) is 1. The van der Waals surface area contributed by atoms with Crippen LogP contribution in [0.4, 0.5) is 4.39 Å². The quantitative estimate of drug-likeness (QED) is 0.794. The Bertz CT molecular complexity index is 735. The number of hydrogen-bond acceptors (Lipinski definition) is 4. The maximum atomic E-state index is 13.3. The van der Waals surface area contributed by atoms with Crippen molar-refractivity contribution in [2.24, 2.45) is 18.7 Å². The molecule has 2 heterocycles. The van der Waals surface area contributed by atoms with Crippen molar-refractivity contribution in [3.05, 3.63) is 29.8 Å². The maximum Gasteiger partial charge on any atom is 0.237 e. The highest BCUT2D eigenvalue weighted by Crippen LogP contribution is 2.18. The van der Waals surface area contributed by atoms with E-state index in [1.165, 1.54) is 12.1 Å². The van der Waals surface area contributed by atoms with Gasteiger partial charge in [-0.1, -0.05) is 0 Å². The summed E-state index contributed by atoms with van der Waals surface area (Å²) >= 11 is 0. The molecule has 0 radical (unpaired) electrons. The molecule has 1 aliphatic rings. The Kier molecular flexibility index (Phi) is 8.76. The molecule has 0 spiro atoms. The molecule has 2 aromatic rings. The van der Waals surface area contributed by atoms with Crippen LogP contribution < -0.4 is 11.1 Å². The molecule has 1 amide bonds. The van der Waals surface area contributed by atoms with Crippen LogP contribution >= 0.6 is 24.8 Å². The fourth-order valence-corrected chi connectivity index (χ4v) is 3.14.